The van der Waals surface area contributed by atoms with E-state index in [-0.39, 0.29) is 28.8 Å². The lowest BCUT2D eigenvalue weighted by atomic mass is 9.63. The highest BCUT2D eigenvalue weighted by atomic mass is 16.6. The third-order valence-electron chi connectivity index (χ3n) is 3.94. The molecular weight excluding hydrogens is 251 g/mol. The molecule has 0 bridgehead atoms. The number of rotatable bonds is 2. The van der Waals surface area contributed by atoms with Gasteiger partial charge in [-0.2, -0.15) is 0 Å². The van der Waals surface area contributed by atoms with Crippen LogP contribution in [0.3, 0.4) is 0 Å². The molecule has 2 aliphatic rings. The Morgan fingerprint density at radius 1 is 1.42 bits per heavy atom. The van der Waals surface area contributed by atoms with Crippen LogP contribution in [0.5, 0.6) is 11.5 Å². The van der Waals surface area contributed by atoms with Crippen molar-refractivity contribution < 1.29 is 29.3 Å². The Morgan fingerprint density at radius 2 is 2.11 bits per heavy atom. The van der Waals surface area contributed by atoms with E-state index in [1.807, 2.05) is 0 Å². The van der Waals surface area contributed by atoms with Crippen LogP contribution in [0, 0.1) is 0 Å². The summed E-state index contributed by atoms with van der Waals surface area (Å²) in [5.74, 6) is -1.03. The van der Waals surface area contributed by atoms with Crippen molar-refractivity contribution in [2.24, 2.45) is 0 Å². The maximum Gasteiger partial charge on any atom is 0.431 e. The van der Waals surface area contributed by atoms with Crippen molar-refractivity contribution >= 4 is 12.7 Å². The van der Waals surface area contributed by atoms with Crippen LogP contribution in [-0.4, -0.2) is 35.0 Å². The Hall–Kier alpha value is -1.73. The first-order chi connectivity index (χ1) is 8.88. The number of carbonyl (C=O) groups is 1. The van der Waals surface area contributed by atoms with Crippen LogP contribution in [0.4, 0.5) is 0 Å². The second-order valence-electron chi connectivity index (χ2n) is 5.29. The van der Waals surface area contributed by atoms with E-state index in [4.69, 9.17) is 9.39 Å². The lowest BCUT2D eigenvalue weighted by Crippen LogP contribution is -2.49. The quantitative estimate of drug-likeness (QED) is 0.682. The number of fused-ring (bicyclic) bond motifs is 2. The highest BCUT2D eigenvalue weighted by Crippen LogP contribution is 2.59. The van der Waals surface area contributed by atoms with Gasteiger partial charge >= 0.3 is 12.7 Å². The minimum Gasteiger partial charge on any atom is -0.669 e. The van der Waals surface area contributed by atoms with Gasteiger partial charge in [-0.15, -0.1) is 0 Å². The molecule has 1 heterocycles. The highest BCUT2D eigenvalue weighted by molar-refractivity contribution is 6.59. The van der Waals surface area contributed by atoms with Gasteiger partial charge in [-0.3, -0.25) is 0 Å². The molecule has 1 saturated carbocycles. The SMILES string of the molecule is COc1ccc2c(c1C(=O)O)O[B-](O)(O)CC21CC1. The molecule has 1 aromatic carbocycles. The van der Waals surface area contributed by atoms with Gasteiger partial charge in [0.15, 0.2) is 0 Å². The summed E-state index contributed by atoms with van der Waals surface area (Å²) in [5.41, 5.74) is 0.222. The normalized spacial score (nSPS) is 21.4. The number of carboxylic acids is 1. The predicted octanol–water partition coefficient (Wildman–Crippen LogP) is 0.741. The third-order valence-corrected chi connectivity index (χ3v) is 3.94. The molecule has 7 heteroatoms. The Bertz CT molecular complexity index is 564. The van der Waals surface area contributed by atoms with Crippen LogP contribution in [0.15, 0.2) is 12.1 Å². The van der Waals surface area contributed by atoms with Gasteiger partial charge in [-0.1, -0.05) is 12.4 Å². The average Bonchev–Trinajstić information content (AvgIpc) is 3.05. The van der Waals surface area contributed by atoms with Crippen molar-refractivity contribution in [3.05, 3.63) is 23.3 Å². The Labute approximate surface area is 109 Å². The van der Waals surface area contributed by atoms with Crippen LogP contribution >= 0.6 is 0 Å². The highest BCUT2D eigenvalue weighted by Gasteiger charge is 2.53. The second kappa shape index (κ2) is 3.65. The molecule has 3 rings (SSSR count). The molecule has 1 aromatic rings. The zero-order chi connectivity index (χ0) is 13.8. The van der Waals surface area contributed by atoms with Gasteiger partial charge in [0.1, 0.15) is 11.3 Å². The molecule has 1 aliphatic carbocycles. The molecule has 3 N–H and O–H groups in total. The van der Waals surface area contributed by atoms with Crippen LogP contribution in [0.25, 0.3) is 0 Å². The molecule has 0 atom stereocenters. The first-order valence-electron chi connectivity index (χ1n) is 6.13. The van der Waals surface area contributed by atoms with Crippen molar-refractivity contribution in [1.29, 1.82) is 0 Å². The average molecular weight is 265 g/mol. The van der Waals surface area contributed by atoms with Crippen molar-refractivity contribution in [2.75, 3.05) is 7.11 Å². The predicted molar refractivity (Wildman–Crippen MR) is 66.5 cm³/mol. The van der Waals surface area contributed by atoms with E-state index in [1.165, 1.54) is 7.11 Å². The fourth-order valence-electron chi connectivity index (χ4n) is 2.95. The summed E-state index contributed by atoms with van der Waals surface area (Å²) in [4.78, 5) is 11.4. The molecule has 0 unspecified atom stereocenters. The summed E-state index contributed by atoms with van der Waals surface area (Å²) in [5, 5.41) is 29.0. The minimum absolute atomic E-state index is 0.0283. The van der Waals surface area contributed by atoms with Crippen molar-refractivity contribution in [2.45, 2.75) is 24.6 Å². The molecule has 19 heavy (non-hydrogen) atoms. The standard InChI is InChI=1S/C12H14BO6/c1-18-8-3-2-7-10(9(8)11(14)15)19-13(16,17)6-12(7)4-5-12/h2-3,16-17H,4-6H2,1H3,(H,14,15)/q-1. The number of hydrogen-bond donors (Lipinski definition) is 3. The van der Waals surface area contributed by atoms with E-state index in [9.17, 15) is 19.9 Å². The van der Waals surface area contributed by atoms with Gasteiger partial charge in [0.2, 0.25) is 0 Å². The molecule has 6 nitrogen and oxygen atoms in total. The summed E-state index contributed by atoms with van der Waals surface area (Å²) in [6, 6.07) is 3.33. The fraction of sp³-hybridized carbons (Fsp3) is 0.417. The van der Waals surface area contributed by atoms with Crippen LogP contribution in [-0.2, 0) is 5.41 Å². The summed E-state index contributed by atoms with van der Waals surface area (Å²) >= 11 is 0. The first kappa shape index (κ1) is 12.3. The molecule has 0 amide bonds. The van der Waals surface area contributed by atoms with Gasteiger partial charge in [0.25, 0.3) is 0 Å². The lowest BCUT2D eigenvalue weighted by Gasteiger charge is -2.42. The Kier molecular flexibility index (Phi) is 2.36. The van der Waals surface area contributed by atoms with Gasteiger partial charge in [0.05, 0.1) is 12.9 Å². The van der Waals surface area contributed by atoms with Crippen LogP contribution in [0.1, 0.15) is 28.8 Å². The zero-order valence-electron chi connectivity index (χ0n) is 10.4. The number of ether oxygens (including phenoxy) is 1. The maximum absolute atomic E-state index is 11.4. The fourth-order valence-corrected chi connectivity index (χ4v) is 2.95. The molecule has 0 saturated heterocycles. The summed E-state index contributed by atoms with van der Waals surface area (Å²) in [6.07, 6.45) is 1.73. The Balaban J connectivity index is 2.24. The van der Waals surface area contributed by atoms with Crippen molar-refractivity contribution in [3.63, 3.8) is 0 Å². The van der Waals surface area contributed by atoms with E-state index >= 15 is 0 Å². The topological polar surface area (TPSA) is 96.2 Å². The van der Waals surface area contributed by atoms with E-state index in [1.54, 1.807) is 12.1 Å². The molecule has 1 spiro atoms. The molecule has 1 fully saturated rings. The zero-order valence-corrected chi connectivity index (χ0v) is 10.4. The number of hydrogen-bond acceptors (Lipinski definition) is 5. The molecule has 1 aliphatic heterocycles. The number of benzene rings is 1. The molecular formula is C12H14BO6-. The van der Waals surface area contributed by atoms with Crippen molar-refractivity contribution in [3.8, 4) is 11.5 Å². The van der Waals surface area contributed by atoms with E-state index in [0.717, 1.165) is 18.4 Å². The summed E-state index contributed by atoms with van der Waals surface area (Å²) < 4.78 is 10.2. The molecule has 0 radical (unpaired) electrons. The second-order valence-corrected chi connectivity index (χ2v) is 5.29. The number of methoxy groups -OCH3 is 1. The van der Waals surface area contributed by atoms with Crippen LogP contribution in [0.2, 0.25) is 6.32 Å². The molecule has 0 aromatic heterocycles. The minimum atomic E-state index is -3.01. The van der Waals surface area contributed by atoms with E-state index in [2.05, 4.69) is 0 Å². The summed E-state index contributed by atoms with van der Waals surface area (Å²) in [7, 11) is 1.36. The largest absolute Gasteiger partial charge is 0.669 e. The first-order valence-corrected chi connectivity index (χ1v) is 6.13. The number of aromatic carboxylic acids is 1. The molecule has 102 valence electrons. The van der Waals surface area contributed by atoms with Gasteiger partial charge in [-0.05, 0) is 29.9 Å². The Morgan fingerprint density at radius 3 is 2.63 bits per heavy atom. The van der Waals surface area contributed by atoms with Gasteiger partial charge in [0, 0.05) is 0 Å². The van der Waals surface area contributed by atoms with Crippen LogP contribution < -0.4 is 9.39 Å². The van der Waals surface area contributed by atoms with Gasteiger partial charge < -0.3 is 24.5 Å². The van der Waals surface area contributed by atoms with Gasteiger partial charge in [-0.25, -0.2) is 4.79 Å². The third kappa shape index (κ3) is 1.77. The monoisotopic (exact) mass is 265 g/mol. The van der Waals surface area contributed by atoms with Crippen molar-refractivity contribution in [1.82, 2.24) is 0 Å². The van der Waals surface area contributed by atoms with E-state index < -0.39 is 12.7 Å². The van der Waals surface area contributed by atoms with E-state index in [0.29, 0.717) is 0 Å². The lowest BCUT2D eigenvalue weighted by molar-refractivity contribution is 0.0689. The smallest absolute Gasteiger partial charge is 0.431 e. The summed E-state index contributed by atoms with van der Waals surface area (Å²) in [6.45, 7) is -3.01. The maximum atomic E-state index is 11.4. The number of carboxylic acid groups (broad SMARTS) is 1.